The molecular weight excluding hydrogens is 252 g/mol. The molecule has 2 aromatic rings. The van der Waals surface area contributed by atoms with Crippen molar-refractivity contribution in [2.75, 3.05) is 0 Å². The van der Waals surface area contributed by atoms with Crippen LogP contribution in [0.4, 0.5) is 0 Å². The molecular formula is C12H12N2O5. The van der Waals surface area contributed by atoms with E-state index in [1.807, 2.05) is 0 Å². The number of amides is 1. The average molecular weight is 264 g/mol. The molecule has 7 nitrogen and oxygen atoms in total. The van der Waals surface area contributed by atoms with Gasteiger partial charge in [0.05, 0.1) is 0 Å². The normalized spacial score (nSPS) is 14.2. The number of fused-ring (bicyclic) bond motifs is 1. The Morgan fingerprint density at radius 1 is 1.21 bits per heavy atom. The largest absolute Gasteiger partial charge is 0.477 e. The Labute approximate surface area is 107 Å². The number of aliphatic hydroxyl groups excluding tert-OH is 2. The highest BCUT2D eigenvalue weighted by Gasteiger charge is 2.23. The molecule has 7 heteroatoms. The number of carbonyl (C=O) groups is 2. The molecule has 2 unspecified atom stereocenters. The highest BCUT2D eigenvalue weighted by molar-refractivity contribution is 5.94. The van der Waals surface area contributed by atoms with E-state index in [0.29, 0.717) is 10.9 Å². The lowest BCUT2D eigenvalue weighted by molar-refractivity contribution is -0.131. The predicted octanol–water partition coefficient (Wildman–Crippen LogP) is -0.254. The number of H-pyrrole nitrogens is 1. The van der Waals surface area contributed by atoms with E-state index in [9.17, 15) is 19.8 Å². The van der Waals surface area contributed by atoms with Crippen LogP contribution in [0.25, 0.3) is 10.9 Å². The van der Waals surface area contributed by atoms with Crippen molar-refractivity contribution in [3.05, 3.63) is 35.5 Å². The quantitative estimate of drug-likeness (QED) is 0.518. The monoisotopic (exact) mass is 264 g/mol. The van der Waals surface area contributed by atoms with Crippen LogP contribution >= 0.6 is 0 Å². The van der Waals surface area contributed by atoms with Crippen LogP contribution in [-0.2, 0) is 4.79 Å². The lowest BCUT2D eigenvalue weighted by atomic mass is 10.0. The van der Waals surface area contributed by atoms with Crippen LogP contribution in [0.2, 0.25) is 0 Å². The Morgan fingerprint density at radius 2 is 1.89 bits per heavy atom. The number of aromatic nitrogens is 1. The van der Waals surface area contributed by atoms with Gasteiger partial charge >= 0.3 is 5.97 Å². The summed E-state index contributed by atoms with van der Waals surface area (Å²) in [6.45, 7) is 0. The van der Waals surface area contributed by atoms with Crippen molar-refractivity contribution in [2.45, 2.75) is 12.2 Å². The van der Waals surface area contributed by atoms with Gasteiger partial charge in [0.2, 0.25) is 5.91 Å². The maximum absolute atomic E-state index is 10.8. The molecule has 0 bridgehead atoms. The molecule has 0 aliphatic carbocycles. The minimum absolute atomic E-state index is 0.0112. The summed E-state index contributed by atoms with van der Waals surface area (Å²) < 4.78 is 0. The number of benzene rings is 1. The second kappa shape index (κ2) is 4.71. The molecule has 2 rings (SSSR count). The van der Waals surface area contributed by atoms with Crippen molar-refractivity contribution < 1.29 is 24.9 Å². The number of carboxylic acid groups (broad SMARTS) is 1. The van der Waals surface area contributed by atoms with Gasteiger partial charge in [-0.05, 0) is 17.7 Å². The molecule has 0 spiro atoms. The van der Waals surface area contributed by atoms with Gasteiger partial charge in [-0.1, -0.05) is 12.1 Å². The Morgan fingerprint density at radius 3 is 2.47 bits per heavy atom. The highest BCUT2D eigenvalue weighted by atomic mass is 16.4. The van der Waals surface area contributed by atoms with E-state index in [1.54, 1.807) is 6.07 Å². The standard InChI is InChI=1S/C12H12N2O5/c13-11(17)10(16)9(15)6-2-1-5-3-8(12(18)19)14-7(5)4-6/h1-4,9-10,14-16H,(H2,13,17)(H,18,19). The highest BCUT2D eigenvalue weighted by Crippen LogP contribution is 2.23. The summed E-state index contributed by atoms with van der Waals surface area (Å²) in [5, 5.41) is 28.6. The molecule has 1 heterocycles. The molecule has 0 saturated heterocycles. The predicted molar refractivity (Wildman–Crippen MR) is 65.4 cm³/mol. The summed E-state index contributed by atoms with van der Waals surface area (Å²) in [6, 6.07) is 5.96. The summed E-state index contributed by atoms with van der Waals surface area (Å²) in [7, 11) is 0. The fourth-order valence-corrected chi connectivity index (χ4v) is 1.78. The van der Waals surface area contributed by atoms with Crippen LogP contribution in [-0.4, -0.2) is 38.3 Å². The number of nitrogens with two attached hydrogens (primary N) is 1. The molecule has 1 aromatic heterocycles. The first-order valence-corrected chi connectivity index (χ1v) is 5.41. The Balaban J connectivity index is 2.41. The van der Waals surface area contributed by atoms with Crippen molar-refractivity contribution >= 4 is 22.8 Å². The second-order valence-electron chi connectivity index (χ2n) is 4.13. The second-order valence-corrected chi connectivity index (χ2v) is 4.13. The first kappa shape index (κ1) is 13.1. The van der Waals surface area contributed by atoms with Crippen molar-refractivity contribution in [2.24, 2.45) is 5.73 Å². The Hall–Kier alpha value is -2.38. The van der Waals surface area contributed by atoms with E-state index in [1.165, 1.54) is 18.2 Å². The summed E-state index contributed by atoms with van der Waals surface area (Å²) in [5.74, 6) is -2.14. The third kappa shape index (κ3) is 2.42. The smallest absolute Gasteiger partial charge is 0.352 e. The molecule has 6 N–H and O–H groups in total. The molecule has 0 saturated carbocycles. The van der Waals surface area contributed by atoms with Crippen molar-refractivity contribution in [3.63, 3.8) is 0 Å². The fourth-order valence-electron chi connectivity index (χ4n) is 1.78. The number of nitrogens with one attached hydrogen (secondary N) is 1. The minimum Gasteiger partial charge on any atom is -0.477 e. The average Bonchev–Trinajstić information content (AvgIpc) is 2.79. The van der Waals surface area contributed by atoms with Crippen LogP contribution in [0, 0.1) is 0 Å². The Bertz CT molecular complexity index is 649. The molecule has 2 atom stereocenters. The lowest BCUT2D eigenvalue weighted by Crippen LogP contribution is -2.33. The first-order chi connectivity index (χ1) is 8.90. The van der Waals surface area contributed by atoms with Gasteiger partial charge in [-0.3, -0.25) is 4.79 Å². The van der Waals surface area contributed by atoms with Crippen LogP contribution < -0.4 is 5.73 Å². The van der Waals surface area contributed by atoms with Crippen molar-refractivity contribution in [3.8, 4) is 0 Å². The lowest BCUT2D eigenvalue weighted by Gasteiger charge is -2.14. The van der Waals surface area contributed by atoms with Gasteiger partial charge in [0.25, 0.3) is 0 Å². The number of hydrogen-bond donors (Lipinski definition) is 5. The molecule has 19 heavy (non-hydrogen) atoms. The van der Waals surface area contributed by atoms with Crippen LogP contribution in [0.15, 0.2) is 24.3 Å². The maximum Gasteiger partial charge on any atom is 0.352 e. The molecule has 1 amide bonds. The van der Waals surface area contributed by atoms with E-state index in [4.69, 9.17) is 10.8 Å². The van der Waals surface area contributed by atoms with E-state index < -0.39 is 24.1 Å². The van der Waals surface area contributed by atoms with Gasteiger partial charge in [0.15, 0.2) is 6.10 Å². The van der Waals surface area contributed by atoms with Crippen LogP contribution in [0.1, 0.15) is 22.2 Å². The van der Waals surface area contributed by atoms with Crippen molar-refractivity contribution in [1.29, 1.82) is 0 Å². The third-order valence-electron chi connectivity index (χ3n) is 2.81. The fraction of sp³-hybridized carbons (Fsp3) is 0.167. The molecule has 1 aromatic carbocycles. The third-order valence-corrected chi connectivity index (χ3v) is 2.81. The number of aromatic carboxylic acids is 1. The molecule has 0 aliphatic rings. The topological polar surface area (TPSA) is 137 Å². The SMILES string of the molecule is NC(=O)C(O)C(O)c1ccc2cc(C(=O)O)[nH]c2c1. The van der Waals surface area contributed by atoms with Gasteiger partial charge in [0, 0.05) is 10.9 Å². The number of aliphatic hydroxyl groups is 2. The number of hydrogen-bond acceptors (Lipinski definition) is 4. The molecule has 0 radical (unpaired) electrons. The number of carboxylic acids is 1. The summed E-state index contributed by atoms with van der Waals surface area (Å²) in [5.41, 5.74) is 5.65. The maximum atomic E-state index is 10.8. The zero-order valence-electron chi connectivity index (χ0n) is 9.70. The molecule has 100 valence electrons. The van der Waals surface area contributed by atoms with E-state index in [0.717, 1.165) is 0 Å². The van der Waals surface area contributed by atoms with E-state index in [2.05, 4.69) is 4.98 Å². The minimum atomic E-state index is -1.72. The summed E-state index contributed by atoms with van der Waals surface area (Å²) in [6.07, 6.45) is -3.18. The first-order valence-electron chi connectivity index (χ1n) is 5.41. The van der Waals surface area contributed by atoms with Gasteiger partial charge in [0.1, 0.15) is 11.8 Å². The summed E-state index contributed by atoms with van der Waals surface area (Å²) in [4.78, 5) is 24.3. The van der Waals surface area contributed by atoms with Gasteiger partial charge in [-0.25, -0.2) is 4.79 Å². The summed E-state index contributed by atoms with van der Waals surface area (Å²) >= 11 is 0. The molecule has 0 fully saturated rings. The van der Waals surface area contributed by atoms with E-state index >= 15 is 0 Å². The van der Waals surface area contributed by atoms with Crippen LogP contribution in [0.5, 0.6) is 0 Å². The van der Waals surface area contributed by atoms with Gasteiger partial charge < -0.3 is 26.0 Å². The molecule has 0 aliphatic heterocycles. The number of primary amides is 1. The Kier molecular flexibility index (Phi) is 3.24. The number of aromatic amines is 1. The number of rotatable bonds is 4. The van der Waals surface area contributed by atoms with Gasteiger partial charge in [-0.15, -0.1) is 0 Å². The van der Waals surface area contributed by atoms with E-state index in [-0.39, 0.29) is 11.3 Å². The number of carbonyl (C=O) groups excluding carboxylic acids is 1. The van der Waals surface area contributed by atoms with Crippen molar-refractivity contribution in [1.82, 2.24) is 4.98 Å². The zero-order chi connectivity index (χ0) is 14.2. The van der Waals surface area contributed by atoms with Crippen LogP contribution in [0.3, 0.4) is 0 Å². The zero-order valence-corrected chi connectivity index (χ0v) is 9.70. The van der Waals surface area contributed by atoms with Gasteiger partial charge in [-0.2, -0.15) is 0 Å².